The van der Waals surface area contributed by atoms with Gasteiger partial charge in [-0.3, -0.25) is 0 Å². The Labute approximate surface area is 113 Å². The van der Waals surface area contributed by atoms with Crippen molar-refractivity contribution in [1.82, 2.24) is 0 Å². The molecule has 0 atom stereocenters. The first-order valence-corrected chi connectivity index (χ1v) is 5.98. The molecule has 0 spiro atoms. The van der Waals surface area contributed by atoms with Gasteiger partial charge in [-0.15, -0.1) is 11.6 Å². The van der Waals surface area contributed by atoms with E-state index < -0.39 is 17.4 Å². The summed E-state index contributed by atoms with van der Waals surface area (Å²) in [5, 5.41) is 0.515. The van der Waals surface area contributed by atoms with Crippen LogP contribution in [-0.4, -0.2) is 0 Å². The molecule has 0 aliphatic heterocycles. The van der Waals surface area contributed by atoms with Crippen molar-refractivity contribution in [3.63, 3.8) is 0 Å². The third-order valence-corrected chi connectivity index (χ3v) is 2.81. The molecule has 0 N–H and O–H groups in total. The molecule has 2 rings (SSSR count). The third-order valence-electron chi connectivity index (χ3n) is 2.25. The predicted octanol–water partition coefficient (Wildman–Crippen LogP) is 5.15. The maximum Gasteiger partial charge on any atom is 0.198 e. The minimum Gasteiger partial charge on any atom is -0.451 e. The summed E-state index contributed by atoms with van der Waals surface area (Å²) in [5.41, 5.74) is 0.357. The zero-order chi connectivity index (χ0) is 13.1. The monoisotopic (exact) mass is 288 g/mol. The van der Waals surface area contributed by atoms with E-state index in [1.165, 1.54) is 12.1 Å². The smallest absolute Gasteiger partial charge is 0.198 e. The first-order valence-electron chi connectivity index (χ1n) is 5.07. The fourth-order valence-electron chi connectivity index (χ4n) is 1.41. The van der Waals surface area contributed by atoms with Crippen LogP contribution < -0.4 is 4.74 Å². The summed E-state index contributed by atoms with van der Waals surface area (Å²) >= 11 is 11.2. The molecule has 2 aromatic carbocycles. The predicted molar refractivity (Wildman–Crippen MR) is 67.4 cm³/mol. The van der Waals surface area contributed by atoms with Gasteiger partial charge in [0.05, 0.1) is 0 Å². The molecule has 0 heterocycles. The van der Waals surface area contributed by atoms with Crippen molar-refractivity contribution in [2.24, 2.45) is 0 Å². The minimum absolute atomic E-state index is 0.0368. The van der Waals surface area contributed by atoms with Gasteiger partial charge in [-0.25, -0.2) is 8.78 Å². The Hall–Kier alpha value is -1.32. The van der Waals surface area contributed by atoms with Crippen LogP contribution in [0.5, 0.6) is 11.5 Å². The van der Waals surface area contributed by atoms with E-state index in [1.807, 2.05) is 0 Å². The number of benzene rings is 2. The van der Waals surface area contributed by atoms with Crippen molar-refractivity contribution in [1.29, 1.82) is 0 Å². The fourth-order valence-corrected chi connectivity index (χ4v) is 1.69. The molecule has 0 saturated heterocycles. The molecule has 18 heavy (non-hydrogen) atoms. The van der Waals surface area contributed by atoms with Gasteiger partial charge in [0.25, 0.3) is 0 Å². The SMILES string of the molecule is Fc1cc(CCl)cc(F)c1Oc1ccc(Cl)cc1. The second-order valence-electron chi connectivity index (χ2n) is 3.58. The molecular weight excluding hydrogens is 281 g/mol. The van der Waals surface area contributed by atoms with Crippen LogP contribution >= 0.6 is 23.2 Å². The van der Waals surface area contributed by atoms with Gasteiger partial charge in [-0.1, -0.05) is 11.6 Å². The molecule has 0 bridgehead atoms. The summed E-state index contributed by atoms with van der Waals surface area (Å²) in [6.45, 7) is 0. The highest BCUT2D eigenvalue weighted by Crippen LogP contribution is 2.29. The van der Waals surface area contributed by atoms with Crippen molar-refractivity contribution in [2.75, 3.05) is 0 Å². The summed E-state index contributed by atoms with van der Waals surface area (Å²) < 4.78 is 32.4. The lowest BCUT2D eigenvalue weighted by Crippen LogP contribution is -1.94. The maximum atomic E-state index is 13.6. The quantitative estimate of drug-likeness (QED) is 0.710. The summed E-state index contributed by atoms with van der Waals surface area (Å²) in [4.78, 5) is 0. The van der Waals surface area contributed by atoms with Crippen LogP contribution in [0.4, 0.5) is 8.78 Å². The number of hydrogen-bond donors (Lipinski definition) is 0. The van der Waals surface area contributed by atoms with Crippen molar-refractivity contribution in [3.05, 3.63) is 58.6 Å². The lowest BCUT2D eigenvalue weighted by Gasteiger charge is -2.09. The lowest BCUT2D eigenvalue weighted by atomic mass is 10.2. The number of alkyl halides is 1. The molecule has 2 aromatic rings. The topological polar surface area (TPSA) is 9.23 Å². The summed E-state index contributed by atoms with van der Waals surface area (Å²) in [6, 6.07) is 8.47. The molecule has 0 unspecified atom stereocenters. The van der Waals surface area contributed by atoms with Crippen molar-refractivity contribution >= 4 is 23.2 Å². The van der Waals surface area contributed by atoms with Crippen LogP contribution in [0.15, 0.2) is 36.4 Å². The first-order chi connectivity index (χ1) is 8.60. The normalized spacial score (nSPS) is 10.4. The number of halogens is 4. The van der Waals surface area contributed by atoms with Gasteiger partial charge in [-0.05, 0) is 42.0 Å². The van der Waals surface area contributed by atoms with Crippen LogP contribution in [0.25, 0.3) is 0 Å². The van der Waals surface area contributed by atoms with E-state index in [4.69, 9.17) is 27.9 Å². The van der Waals surface area contributed by atoms with Gasteiger partial charge < -0.3 is 4.74 Å². The highest BCUT2D eigenvalue weighted by atomic mass is 35.5. The summed E-state index contributed by atoms with van der Waals surface area (Å²) in [6.07, 6.45) is 0. The third kappa shape index (κ3) is 2.92. The highest BCUT2D eigenvalue weighted by molar-refractivity contribution is 6.30. The lowest BCUT2D eigenvalue weighted by molar-refractivity contribution is 0.407. The Bertz CT molecular complexity index is 532. The van der Waals surface area contributed by atoms with Crippen LogP contribution in [0.3, 0.4) is 0 Å². The largest absolute Gasteiger partial charge is 0.451 e. The molecule has 0 amide bonds. The first kappa shape index (κ1) is 13.1. The van der Waals surface area contributed by atoms with Crippen LogP contribution in [0.2, 0.25) is 5.02 Å². The molecule has 0 aromatic heterocycles. The van der Waals surface area contributed by atoms with Crippen LogP contribution in [0.1, 0.15) is 5.56 Å². The second-order valence-corrected chi connectivity index (χ2v) is 4.28. The maximum absolute atomic E-state index is 13.6. The van der Waals surface area contributed by atoms with E-state index in [0.29, 0.717) is 16.3 Å². The van der Waals surface area contributed by atoms with Gasteiger partial charge in [0.1, 0.15) is 5.75 Å². The molecule has 0 radical (unpaired) electrons. The molecule has 0 aliphatic carbocycles. The fraction of sp³-hybridized carbons (Fsp3) is 0.0769. The Morgan fingerprint density at radius 3 is 2.06 bits per heavy atom. The minimum atomic E-state index is -0.791. The molecule has 0 saturated carbocycles. The van der Waals surface area contributed by atoms with E-state index in [9.17, 15) is 8.78 Å². The van der Waals surface area contributed by atoms with E-state index in [2.05, 4.69) is 0 Å². The average Bonchev–Trinajstić information content (AvgIpc) is 2.35. The molecular formula is C13H8Cl2F2O. The molecule has 0 aliphatic rings. The van der Waals surface area contributed by atoms with Crippen LogP contribution in [-0.2, 0) is 5.88 Å². The second kappa shape index (κ2) is 5.55. The Morgan fingerprint density at radius 1 is 1.00 bits per heavy atom. The molecule has 1 nitrogen and oxygen atoms in total. The van der Waals surface area contributed by atoms with Gasteiger partial charge >= 0.3 is 0 Å². The number of ether oxygens (including phenoxy) is 1. The Kier molecular flexibility index (Phi) is 4.04. The summed E-state index contributed by atoms with van der Waals surface area (Å²) in [7, 11) is 0. The molecule has 5 heteroatoms. The Morgan fingerprint density at radius 2 is 1.56 bits per heavy atom. The van der Waals surface area contributed by atoms with E-state index in [1.54, 1.807) is 12.1 Å². The van der Waals surface area contributed by atoms with Crippen LogP contribution in [0, 0.1) is 11.6 Å². The van der Waals surface area contributed by atoms with E-state index in [-0.39, 0.29) is 5.88 Å². The van der Waals surface area contributed by atoms with Gasteiger partial charge in [0.15, 0.2) is 17.4 Å². The van der Waals surface area contributed by atoms with Gasteiger partial charge in [0.2, 0.25) is 0 Å². The highest BCUT2D eigenvalue weighted by Gasteiger charge is 2.13. The standard InChI is InChI=1S/C13H8Cl2F2O/c14-7-8-5-11(16)13(12(17)6-8)18-10-3-1-9(15)2-4-10/h1-6H,7H2. The van der Waals surface area contributed by atoms with Crippen molar-refractivity contribution in [2.45, 2.75) is 5.88 Å². The Balaban J connectivity index is 2.31. The van der Waals surface area contributed by atoms with Crippen molar-refractivity contribution in [3.8, 4) is 11.5 Å². The molecule has 94 valence electrons. The van der Waals surface area contributed by atoms with Gasteiger partial charge in [-0.2, -0.15) is 0 Å². The van der Waals surface area contributed by atoms with E-state index in [0.717, 1.165) is 12.1 Å². The number of hydrogen-bond acceptors (Lipinski definition) is 1. The van der Waals surface area contributed by atoms with Gasteiger partial charge in [0, 0.05) is 10.9 Å². The molecule has 0 fully saturated rings. The summed E-state index contributed by atoms with van der Waals surface area (Å²) in [5.74, 6) is -1.70. The number of rotatable bonds is 3. The zero-order valence-corrected chi connectivity index (χ0v) is 10.6. The average molecular weight is 289 g/mol. The van der Waals surface area contributed by atoms with E-state index >= 15 is 0 Å². The van der Waals surface area contributed by atoms with Crippen molar-refractivity contribution < 1.29 is 13.5 Å². The zero-order valence-electron chi connectivity index (χ0n) is 9.09.